The van der Waals surface area contributed by atoms with Gasteiger partial charge < -0.3 is 19.4 Å². The first kappa shape index (κ1) is 16.7. The quantitative estimate of drug-likeness (QED) is 0.902. The first-order valence-electron chi connectivity index (χ1n) is 9.94. The van der Waals surface area contributed by atoms with Gasteiger partial charge in [0.15, 0.2) is 11.5 Å². The Morgan fingerprint density at radius 2 is 2.00 bits per heavy atom. The lowest BCUT2D eigenvalue weighted by molar-refractivity contribution is -0.134. The molecule has 1 aromatic carbocycles. The van der Waals surface area contributed by atoms with Gasteiger partial charge in [-0.25, -0.2) is 4.98 Å². The van der Waals surface area contributed by atoms with Crippen LogP contribution < -0.4 is 9.47 Å². The van der Waals surface area contributed by atoms with E-state index in [0.717, 1.165) is 56.1 Å². The van der Waals surface area contributed by atoms with Gasteiger partial charge in [0.25, 0.3) is 0 Å². The molecule has 1 saturated carbocycles. The number of nitrogens with zero attached hydrogens (tertiary/aromatic N) is 2. The Morgan fingerprint density at radius 3 is 2.78 bits per heavy atom. The van der Waals surface area contributed by atoms with Crippen molar-refractivity contribution in [3.63, 3.8) is 0 Å². The van der Waals surface area contributed by atoms with Crippen LogP contribution in [0.5, 0.6) is 11.5 Å². The van der Waals surface area contributed by atoms with Crippen molar-refractivity contribution in [3.8, 4) is 11.5 Å². The Bertz CT molecular complexity index is 812. The summed E-state index contributed by atoms with van der Waals surface area (Å²) in [6, 6.07) is 6.12. The summed E-state index contributed by atoms with van der Waals surface area (Å²) < 4.78 is 11.3. The number of amides is 1. The molecule has 1 amide bonds. The Kier molecular flexibility index (Phi) is 4.26. The molecule has 3 aliphatic rings. The van der Waals surface area contributed by atoms with E-state index in [1.54, 1.807) is 6.20 Å². The number of nitrogens with one attached hydrogen (secondary N) is 1. The topological polar surface area (TPSA) is 67.5 Å². The highest BCUT2D eigenvalue weighted by molar-refractivity contribution is 5.83. The number of likely N-dealkylation sites (tertiary alicyclic amines) is 1. The predicted molar refractivity (Wildman–Crippen MR) is 99.9 cm³/mol. The Labute approximate surface area is 158 Å². The Hall–Kier alpha value is -2.50. The smallest absolute Gasteiger partial charge is 0.226 e. The van der Waals surface area contributed by atoms with E-state index in [0.29, 0.717) is 31.0 Å². The lowest BCUT2D eigenvalue weighted by Crippen LogP contribution is -2.40. The van der Waals surface area contributed by atoms with Crippen molar-refractivity contribution in [2.75, 3.05) is 26.3 Å². The molecule has 142 valence electrons. The van der Waals surface area contributed by atoms with E-state index in [4.69, 9.17) is 9.47 Å². The van der Waals surface area contributed by atoms with Gasteiger partial charge in [0.2, 0.25) is 5.91 Å². The number of imidazole rings is 1. The van der Waals surface area contributed by atoms with Crippen LogP contribution in [-0.2, 0) is 11.2 Å². The number of ether oxygens (including phenoxy) is 2. The zero-order valence-electron chi connectivity index (χ0n) is 15.4. The van der Waals surface area contributed by atoms with E-state index in [1.165, 1.54) is 5.56 Å². The number of piperidine rings is 1. The number of aromatic nitrogens is 2. The number of carbonyl (C=O) groups excluding carboxylic acids is 1. The summed E-state index contributed by atoms with van der Waals surface area (Å²) in [5.74, 6) is 4.09. The number of benzene rings is 1. The second kappa shape index (κ2) is 6.91. The normalized spacial score (nSPS) is 24.7. The van der Waals surface area contributed by atoms with Crippen LogP contribution in [0.3, 0.4) is 0 Å². The molecule has 6 heteroatoms. The van der Waals surface area contributed by atoms with E-state index in [2.05, 4.69) is 27.0 Å². The second-order valence-corrected chi connectivity index (χ2v) is 7.86. The number of fused-ring (bicyclic) bond motifs is 1. The van der Waals surface area contributed by atoms with Gasteiger partial charge in [-0.05, 0) is 48.8 Å². The summed E-state index contributed by atoms with van der Waals surface area (Å²) >= 11 is 0. The fourth-order valence-corrected chi connectivity index (χ4v) is 4.40. The van der Waals surface area contributed by atoms with Crippen LogP contribution in [0, 0.1) is 11.8 Å². The zero-order valence-corrected chi connectivity index (χ0v) is 15.4. The summed E-state index contributed by atoms with van der Waals surface area (Å²) in [6.45, 7) is 2.94. The molecule has 0 radical (unpaired) electrons. The minimum Gasteiger partial charge on any atom is -0.486 e. The van der Waals surface area contributed by atoms with Crippen LogP contribution in [0.2, 0.25) is 0 Å². The maximum absolute atomic E-state index is 12.9. The third-order valence-corrected chi connectivity index (χ3v) is 6.07. The van der Waals surface area contributed by atoms with Crippen molar-refractivity contribution in [1.29, 1.82) is 0 Å². The summed E-state index contributed by atoms with van der Waals surface area (Å²) in [6.07, 6.45) is 7.74. The SMILES string of the molecule is O=C(C1CC1c1ccc2c(c1)OCCO2)N1CCC(Cc2ncc[nH]2)CC1. The van der Waals surface area contributed by atoms with Crippen molar-refractivity contribution in [2.45, 2.75) is 31.6 Å². The summed E-state index contributed by atoms with van der Waals surface area (Å²) in [4.78, 5) is 22.5. The second-order valence-electron chi connectivity index (χ2n) is 7.86. The molecule has 2 aliphatic heterocycles. The van der Waals surface area contributed by atoms with Crippen LogP contribution >= 0.6 is 0 Å². The van der Waals surface area contributed by atoms with Gasteiger partial charge in [-0.1, -0.05) is 6.07 Å². The summed E-state index contributed by atoms with van der Waals surface area (Å²) in [5, 5.41) is 0. The average molecular weight is 367 g/mol. The summed E-state index contributed by atoms with van der Waals surface area (Å²) in [7, 11) is 0. The minimum absolute atomic E-state index is 0.134. The Morgan fingerprint density at radius 1 is 1.19 bits per heavy atom. The number of aromatic amines is 1. The van der Waals surface area contributed by atoms with Crippen molar-refractivity contribution in [3.05, 3.63) is 42.0 Å². The third kappa shape index (κ3) is 3.40. The Balaban J connectivity index is 1.16. The van der Waals surface area contributed by atoms with Gasteiger partial charge in [0.05, 0.1) is 0 Å². The standard InChI is InChI=1S/C21H25N3O3/c25-21(24-7-3-14(4-8-24)11-20-22-5-6-23-20)17-13-16(17)15-1-2-18-19(12-15)27-10-9-26-18/h1-2,5-6,12,14,16-17H,3-4,7-11,13H2,(H,22,23). The number of carbonyl (C=O) groups is 1. The average Bonchev–Trinajstić information content (AvgIpc) is 3.36. The maximum Gasteiger partial charge on any atom is 0.226 e. The van der Waals surface area contributed by atoms with Gasteiger partial charge in [-0.2, -0.15) is 0 Å². The third-order valence-electron chi connectivity index (χ3n) is 6.07. The van der Waals surface area contributed by atoms with Crippen LogP contribution in [0.25, 0.3) is 0 Å². The van der Waals surface area contributed by atoms with E-state index in [9.17, 15) is 4.79 Å². The lowest BCUT2D eigenvalue weighted by Gasteiger charge is -2.32. The highest BCUT2D eigenvalue weighted by Crippen LogP contribution is 2.50. The van der Waals surface area contributed by atoms with Crippen LogP contribution in [0.4, 0.5) is 0 Å². The number of H-pyrrole nitrogens is 1. The maximum atomic E-state index is 12.9. The fraction of sp³-hybridized carbons (Fsp3) is 0.524. The minimum atomic E-state index is 0.134. The lowest BCUT2D eigenvalue weighted by atomic mass is 9.93. The molecule has 1 saturated heterocycles. The molecule has 2 fully saturated rings. The number of rotatable bonds is 4. The molecular formula is C21H25N3O3. The largest absolute Gasteiger partial charge is 0.486 e. The predicted octanol–water partition coefficient (Wildman–Crippen LogP) is 2.77. The first-order chi connectivity index (χ1) is 13.3. The molecule has 1 N–H and O–H groups in total. The number of hydrogen-bond acceptors (Lipinski definition) is 4. The van der Waals surface area contributed by atoms with Gasteiger partial charge >= 0.3 is 0 Å². The van der Waals surface area contributed by atoms with E-state index in [1.807, 2.05) is 12.3 Å². The molecule has 2 unspecified atom stereocenters. The van der Waals surface area contributed by atoms with Crippen molar-refractivity contribution < 1.29 is 14.3 Å². The van der Waals surface area contributed by atoms with E-state index in [-0.39, 0.29) is 5.92 Å². The molecule has 1 aliphatic carbocycles. The van der Waals surface area contributed by atoms with Crippen molar-refractivity contribution in [1.82, 2.24) is 14.9 Å². The van der Waals surface area contributed by atoms with E-state index < -0.39 is 0 Å². The number of hydrogen-bond donors (Lipinski definition) is 1. The molecule has 6 nitrogen and oxygen atoms in total. The molecule has 5 rings (SSSR count). The van der Waals surface area contributed by atoms with Crippen molar-refractivity contribution in [2.24, 2.45) is 11.8 Å². The van der Waals surface area contributed by atoms with Crippen molar-refractivity contribution >= 4 is 5.91 Å². The first-order valence-corrected chi connectivity index (χ1v) is 9.94. The van der Waals surface area contributed by atoms with Gasteiger partial charge in [0, 0.05) is 37.8 Å². The van der Waals surface area contributed by atoms with Gasteiger partial charge in [-0.3, -0.25) is 4.79 Å². The molecule has 27 heavy (non-hydrogen) atoms. The summed E-state index contributed by atoms with van der Waals surface area (Å²) in [5.41, 5.74) is 1.20. The van der Waals surface area contributed by atoms with E-state index >= 15 is 0 Å². The van der Waals surface area contributed by atoms with Gasteiger partial charge in [-0.15, -0.1) is 0 Å². The molecule has 1 aromatic heterocycles. The zero-order chi connectivity index (χ0) is 18.2. The molecule has 2 aromatic rings. The van der Waals surface area contributed by atoms with Crippen LogP contribution in [-0.4, -0.2) is 47.1 Å². The molecular weight excluding hydrogens is 342 g/mol. The van der Waals surface area contributed by atoms with Gasteiger partial charge in [0.1, 0.15) is 19.0 Å². The molecule has 0 spiro atoms. The monoisotopic (exact) mass is 367 g/mol. The highest BCUT2D eigenvalue weighted by atomic mass is 16.6. The highest BCUT2D eigenvalue weighted by Gasteiger charge is 2.46. The molecule has 3 heterocycles. The molecule has 0 bridgehead atoms. The fourth-order valence-electron chi connectivity index (χ4n) is 4.40. The van der Waals surface area contributed by atoms with Crippen LogP contribution in [0.1, 0.15) is 36.6 Å². The molecule has 2 atom stereocenters. The van der Waals surface area contributed by atoms with Crippen LogP contribution in [0.15, 0.2) is 30.6 Å².